The highest BCUT2D eigenvalue weighted by molar-refractivity contribution is 8.02. The van der Waals surface area contributed by atoms with Crippen molar-refractivity contribution in [2.45, 2.75) is 6.92 Å². The van der Waals surface area contributed by atoms with Crippen molar-refractivity contribution < 1.29 is 0 Å². The van der Waals surface area contributed by atoms with Crippen LogP contribution in [0, 0.1) is 0 Å². The molecular formula is C6H11NS. The first-order valence-corrected chi connectivity index (χ1v) is 3.85. The van der Waals surface area contributed by atoms with Crippen LogP contribution >= 0.6 is 11.8 Å². The van der Waals surface area contributed by atoms with E-state index in [1.165, 1.54) is 18.0 Å². The molecule has 1 nitrogen and oxygen atoms in total. The minimum atomic E-state index is 1.20. The fourth-order valence-corrected chi connectivity index (χ4v) is 1.55. The molecule has 1 rings (SSSR count). The number of thioether (sulfide) groups is 1. The van der Waals surface area contributed by atoms with Crippen molar-refractivity contribution >= 4 is 11.8 Å². The molecule has 0 atom stereocenters. The van der Waals surface area contributed by atoms with E-state index in [4.69, 9.17) is 0 Å². The molecule has 0 N–H and O–H groups in total. The van der Waals surface area contributed by atoms with Crippen LogP contribution in [0.3, 0.4) is 0 Å². The Kier molecular flexibility index (Phi) is 1.84. The van der Waals surface area contributed by atoms with Gasteiger partial charge in [0.1, 0.15) is 0 Å². The predicted molar refractivity (Wildman–Crippen MR) is 38.8 cm³/mol. The second-order valence-corrected chi connectivity index (χ2v) is 3.03. The van der Waals surface area contributed by atoms with Gasteiger partial charge in [0.2, 0.25) is 0 Å². The number of nitrogens with zero attached hydrogens (tertiary/aromatic N) is 1. The van der Waals surface area contributed by atoms with Gasteiger partial charge >= 0.3 is 0 Å². The highest BCUT2D eigenvalue weighted by Crippen LogP contribution is 2.15. The third kappa shape index (κ3) is 1.19. The number of rotatable bonds is 0. The van der Waals surface area contributed by atoms with Crippen molar-refractivity contribution in [2.75, 3.05) is 19.3 Å². The van der Waals surface area contributed by atoms with E-state index in [-0.39, 0.29) is 0 Å². The lowest BCUT2D eigenvalue weighted by atomic mass is 10.5. The van der Waals surface area contributed by atoms with Crippen molar-refractivity contribution in [3.63, 3.8) is 0 Å². The molecule has 0 aromatic heterocycles. The zero-order valence-corrected chi connectivity index (χ0v) is 6.16. The zero-order chi connectivity index (χ0) is 5.98. The first-order chi connectivity index (χ1) is 3.80. The van der Waals surface area contributed by atoms with Gasteiger partial charge in [0.15, 0.2) is 0 Å². The smallest absolute Gasteiger partial charge is 0.0266 e. The molecule has 0 aromatic carbocycles. The molecule has 1 aliphatic rings. The Hall–Kier alpha value is -0.110. The van der Waals surface area contributed by atoms with Crippen LogP contribution in [-0.4, -0.2) is 24.2 Å². The van der Waals surface area contributed by atoms with Crippen LogP contribution in [0.25, 0.3) is 0 Å². The van der Waals surface area contributed by atoms with Crippen LogP contribution in [0.2, 0.25) is 0 Å². The van der Waals surface area contributed by atoms with Gasteiger partial charge in [-0.15, -0.1) is 11.8 Å². The van der Waals surface area contributed by atoms with Crippen molar-refractivity contribution in [2.24, 2.45) is 0 Å². The highest BCUT2D eigenvalue weighted by atomic mass is 32.2. The molecule has 1 heterocycles. The van der Waals surface area contributed by atoms with Crippen LogP contribution in [0.15, 0.2) is 11.1 Å². The Morgan fingerprint density at radius 3 is 2.88 bits per heavy atom. The molecule has 0 radical (unpaired) electrons. The molecule has 0 saturated heterocycles. The molecule has 1 aliphatic heterocycles. The van der Waals surface area contributed by atoms with E-state index in [9.17, 15) is 0 Å². The molecule has 46 valence electrons. The van der Waals surface area contributed by atoms with E-state index in [1.807, 2.05) is 11.8 Å². The Morgan fingerprint density at radius 2 is 2.50 bits per heavy atom. The molecule has 2 heteroatoms. The fourth-order valence-electron chi connectivity index (χ4n) is 0.635. The van der Waals surface area contributed by atoms with Crippen LogP contribution in [-0.2, 0) is 0 Å². The van der Waals surface area contributed by atoms with Gasteiger partial charge in [-0.2, -0.15) is 0 Å². The van der Waals surface area contributed by atoms with E-state index in [1.54, 1.807) is 0 Å². The van der Waals surface area contributed by atoms with Crippen molar-refractivity contribution in [1.82, 2.24) is 4.90 Å². The molecule has 0 bridgehead atoms. The van der Waals surface area contributed by atoms with Gasteiger partial charge < -0.3 is 4.90 Å². The maximum atomic E-state index is 2.27. The first kappa shape index (κ1) is 6.02. The summed E-state index contributed by atoms with van der Waals surface area (Å²) in [4.78, 5) is 2.27. The number of allylic oxidation sites excluding steroid dienone is 1. The average Bonchev–Trinajstić information content (AvgIpc) is 1.77. The molecule has 0 amide bonds. The van der Waals surface area contributed by atoms with Gasteiger partial charge in [-0.25, -0.2) is 0 Å². The van der Waals surface area contributed by atoms with Gasteiger partial charge in [0, 0.05) is 25.0 Å². The van der Waals surface area contributed by atoms with E-state index in [2.05, 4.69) is 24.3 Å². The van der Waals surface area contributed by atoms with Crippen LogP contribution in [0.4, 0.5) is 0 Å². The summed E-state index contributed by atoms with van der Waals surface area (Å²) in [5, 5.41) is 2.21. The topological polar surface area (TPSA) is 3.24 Å². The van der Waals surface area contributed by atoms with Crippen LogP contribution in [0.5, 0.6) is 0 Å². The van der Waals surface area contributed by atoms with E-state index >= 15 is 0 Å². The first-order valence-electron chi connectivity index (χ1n) is 2.80. The van der Waals surface area contributed by atoms with Crippen LogP contribution in [0.1, 0.15) is 6.92 Å². The molecule has 0 aliphatic carbocycles. The van der Waals surface area contributed by atoms with E-state index < -0.39 is 0 Å². The SMILES string of the molecule is CC1=CSCCN1C. The summed E-state index contributed by atoms with van der Waals surface area (Å²) in [5.74, 6) is 1.24. The minimum Gasteiger partial charge on any atom is -0.377 e. The molecule has 0 saturated carbocycles. The standard InChI is InChI=1S/C6H11NS/c1-6-5-8-4-3-7(6)2/h5H,3-4H2,1-2H3. The maximum absolute atomic E-state index is 2.27. The lowest BCUT2D eigenvalue weighted by Crippen LogP contribution is -2.21. The summed E-state index contributed by atoms with van der Waals surface area (Å²) in [6.45, 7) is 3.35. The summed E-state index contributed by atoms with van der Waals surface area (Å²) in [5.41, 5.74) is 1.39. The fraction of sp³-hybridized carbons (Fsp3) is 0.667. The Bertz CT molecular complexity index is 109. The normalized spacial score (nSPS) is 20.8. The van der Waals surface area contributed by atoms with Crippen LogP contribution < -0.4 is 0 Å². The number of hydrogen-bond acceptors (Lipinski definition) is 2. The minimum absolute atomic E-state index is 1.20. The lowest BCUT2D eigenvalue weighted by Gasteiger charge is -2.22. The molecule has 0 spiro atoms. The van der Waals surface area contributed by atoms with Gasteiger partial charge in [-0.3, -0.25) is 0 Å². The maximum Gasteiger partial charge on any atom is 0.0266 e. The summed E-state index contributed by atoms with van der Waals surface area (Å²) < 4.78 is 0. The van der Waals surface area contributed by atoms with Gasteiger partial charge in [0.25, 0.3) is 0 Å². The Balaban J connectivity index is 2.53. The summed E-state index contributed by atoms with van der Waals surface area (Å²) in [6, 6.07) is 0. The molecule has 0 fully saturated rings. The average molecular weight is 129 g/mol. The van der Waals surface area contributed by atoms with Crippen molar-refractivity contribution in [3.05, 3.63) is 11.1 Å². The molecule has 0 aromatic rings. The largest absolute Gasteiger partial charge is 0.377 e. The van der Waals surface area contributed by atoms with E-state index in [0.29, 0.717) is 0 Å². The molecular weight excluding hydrogens is 118 g/mol. The van der Waals surface area contributed by atoms with Gasteiger partial charge in [-0.05, 0) is 12.3 Å². The Morgan fingerprint density at radius 1 is 1.75 bits per heavy atom. The van der Waals surface area contributed by atoms with Crippen molar-refractivity contribution in [3.8, 4) is 0 Å². The van der Waals surface area contributed by atoms with Crippen molar-refractivity contribution in [1.29, 1.82) is 0 Å². The predicted octanol–water partition coefficient (Wildman–Crippen LogP) is 1.53. The second kappa shape index (κ2) is 2.44. The summed E-state index contributed by atoms with van der Waals surface area (Å²) in [6.07, 6.45) is 0. The Labute approximate surface area is 54.8 Å². The van der Waals surface area contributed by atoms with Gasteiger partial charge in [0.05, 0.1) is 0 Å². The zero-order valence-electron chi connectivity index (χ0n) is 5.35. The third-order valence-corrected chi connectivity index (χ3v) is 2.33. The quantitative estimate of drug-likeness (QED) is 0.488. The third-order valence-electron chi connectivity index (χ3n) is 1.40. The second-order valence-electron chi connectivity index (χ2n) is 2.05. The summed E-state index contributed by atoms with van der Waals surface area (Å²) >= 11 is 1.90. The summed E-state index contributed by atoms with van der Waals surface area (Å²) in [7, 11) is 2.13. The molecule has 8 heavy (non-hydrogen) atoms. The lowest BCUT2D eigenvalue weighted by molar-refractivity contribution is 0.444. The number of hydrogen-bond donors (Lipinski definition) is 0. The highest BCUT2D eigenvalue weighted by Gasteiger charge is 2.02. The monoisotopic (exact) mass is 129 g/mol. The van der Waals surface area contributed by atoms with Gasteiger partial charge in [-0.1, -0.05) is 0 Å². The molecule has 0 unspecified atom stereocenters. The van der Waals surface area contributed by atoms with E-state index in [0.717, 1.165) is 0 Å².